The molecule has 0 spiro atoms. The van der Waals surface area contributed by atoms with Crippen LogP contribution in [0.4, 0.5) is 17.6 Å². The highest BCUT2D eigenvalue weighted by Gasteiger charge is 2.32. The van der Waals surface area contributed by atoms with Gasteiger partial charge >= 0.3 is 6.18 Å². The Morgan fingerprint density at radius 1 is 1.03 bits per heavy atom. The van der Waals surface area contributed by atoms with Crippen molar-refractivity contribution in [2.75, 3.05) is 0 Å². The molecule has 0 radical (unpaired) electrons. The lowest BCUT2D eigenvalue weighted by Crippen LogP contribution is -2.06. The van der Waals surface area contributed by atoms with Crippen LogP contribution in [0, 0.1) is 5.82 Å². The lowest BCUT2D eigenvalue weighted by atomic mass is 10.0. The molecule has 0 fully saturated rings. The third-order valence-corrected chi connectivity index (χ3v) is 4.68. The van der Waals surface area contributed by atoms with Crippen LogP contribution in [0.2, 0.25) is 5.02 Å². The van der Waals surface area contributed by atoms with Crippen molar-refractivity contribution in [2.45, 2.75) is 12.8 Å². The Balaban J connectivity index is 1.83. The van der Waals surface area contributed by atoms with E-state index in [1.54, 1.807) is 42.6 Å². The molecule has 0 atom stereocenters. The third kappa shape index (κ3) is 4.54. The molecule has 0 saturated carbocycles. The van der Waals surface area contributed by atoms with Gasteiger partial charge in [-0.25, -0.2) is 4.39 Å². The van der Waals surface area contributed by atoms with E-state index in [9.17, 15) is 17.6 Å². The van der Waals surface area contributed by atoms with Crippen molar-refractivity contribution in [3.63, 3.8) is 0 Å². The van der Waals surface area contributed by atoms with E-state index >= 15 is 0 Å². The summed E-state index contributed by atoms with van der Waals surface area (Å²) >= 11 is 6.05. The van der Waals surface area contributed by atoms with Gasteiger partial charge in [-0.05, 0) is 42.5 Å². The number of hydrogen-bond acceptors (Lipinski definition) is 4. The standard InChI is InChI=1S/C22H13ClF4N2O2/c23-15-4-1-3-13(9-15)21-18(12-30-16-5-2-8-28-11-16)20(29-31-21)17-10-14(22(25,26)27)6-7-19(17)24/h1-11H,12H2. The predicted molar refractivity (Wildman–Crippen MR) is 106 cm³/mol. The molecule has 0 aliphatic carbocycles. The van der Waals surface area contributed by atoms with Crippen molar-refractivity contribution >= 4 is 11.6 Å². The third-order valence-electron chi connectivity index (χ3n) is 4.44. The summed E-state index contributed by atoms with van der Waals surface area (Å²) in [4.78, 5) is 3.94. The molecule has 4 nitrogen and oxygen atoms in total. The van der Waals surface area contributed by atoms with Crippen molar-refractivity contribution in [2.24, 2.45) is 0 Å². The second kappa shape index (κ2) is 8.39. The number of pyridine rings is 1. The molecule has 158 valence electrons. The van der Waals surface area contributed by atoms with Crippen LogP contribution in [0.3, 0.4) is 0 Å². The highest BCUT2D eigenvalue weighted by atomic mass is 35.5. The maximum atomic E-state index is 14.5. The fourth-order valence-electron chi connectivity index (χ4n) is 2.98. The topological polar surface area (TPSA) is 48.2 Å². The molecule has 4 aromatic rings. The smallest absolute Gasteiger partial charge is 0.416 e. The quantitative estimate of drug-likeness (QED) is 0.315. The number of ether oxygens (including phenoxy) is 1. The number of benzene rings is 2. The summed E-state index contributed by atoms with van der Waals surface area (Å²) in [5, 5.41) is 4.28. The molecule has 2 heterocycles. The second-order valence-corrected chi connectivity index (χ2v) is 6.96. The van der Waals surface area contributed by atoms with Gasteiger partial charge in [-0.3, -0.25) is 4.98 Å². The fraction of sp³-hybridized carbons (Fsp3) is 0.0909. The van der Waals surface area contributed by atoms with Crippen LogP contribution < -0.4 is 4.74 Å². The Hall–Kier alpha value is -3.39. The minimum Gasteiger partial charge on any atom is -0.487 e. The molecular weight excluding hydrogens is 436 g/mol. The summed E-state index contributed by atoms with van der Waals surface area (Å²) in [6, 6.07) is 12.0. The van der Waals surface area contributed by atoms with Crippen LogP contribution in [0.1, 0.15) is 11.1 Å². The highest BCUT2D eigenvalue weighted by Crippen LogP contribution is 2.38. The molecule has 0 saturated heterocycles. The first-order valence-corrected chi connectivity index (χ1v) is 9.35. The summed E-state index contributed by atoms with van der Waals surface area (Å²) in [7, 11) is 0. The fourth-order valence-corrected chi connectivity index (χ4v) is 3.17. The Morgan fingerprint density at radius 2 is 1.87 bits per heavy atom. The lowest BCUT2D eigenvalue weighted by Gasteiger charge is -2.11. The highest BCUT2D eigenvalue weighted by molar-refractivity contribution is 6.30. The number of alkyl halides is 3. The van der Waals surface area contributed by atoms with E-state index in [1.165, 1.54) is 6.20 Å². The zero-order valence-corrected chi connectivity index (χ0v) is 16.4. The van der Waals surface area contributed by atoms with Crippen molar-refractivity contribution in [3.05, 3.63) is 89.0 Å². The first-order valence-electron chi connectivity index (χ1n) is 8.97. The maximum Gasteiger partial charge on any atom is 0.416 e. The van der Waals surface area contributed by atoms with Crippen LogP contribution >= 0.6 is 11.6 Å². The Labute approximate surface area is 179 Å². The van der Waals surface area contributed by atoms with Crippen molar-refractivity contribution < 1.29 is 26.8 Å². The first kappa shape index (κ1) is 20.9. The average Bonchev–Trinajstić information content (AvgIpc) is 3.16. The van der Waals surface area contributed by atoms with Gasteiger partial charge in [0.05, 0.1) is 17.3 Å². The van der Waals surface area contributed by atoms with E-state index in [-0.39, 0.29) is 29.2 Å². The van der Waals surface area contributed by atoms with Gasteiger partial charge in [0, 0.05) is 22.3 Å². The minimum atomic E-state index is -4.64. The Bertz CT molecular complexity index is 1210. The summed E-state index contributed by atoms with van der Waals surface area (Å²) in [6.45, 7) is -0.151. The van der Waals surface area contributed by atoms with Gasteiger partial charge in [0.1, 0.15) is 23.9 Å². The SMILES string of the molecule is Fc1ccc(C(F)(F)F)cc1-c1noc(-c2cccc(Cl)c2)c1COc1cccnc1. The number of aromatic nitrogens is 2. The van der Waals surface area contributed by atoms with Crippen molar-refractivity contribution in [3.8, 4) is 28.3 Å². The van der Waals surface area contributed by atoms with Crippen molar-refractivity contribution in [1.82, 2.24) is 10.1 Å². The molecule has 9 heteroatoms. The first-order chi connectivity index (χ1) is 14.8. The number of nitrogens with zero attached hydrogens (tertiary/aromatic N) is 2. The Kier molecular flexibility index (Phi) is 5.65. The van der Waals surface area contributed by atoms with E-state index in [2.05, 4.69) is 10.1 Å². The lowest BCUT2D eigenvalue weighted by molar-refractivity contribution is -0.137. The van der Waals surface area contributed by atoms with Crippen LogP contribution in [-0.2, 0) is 12.8 Å². The number of halogens is 5. The molecular formula is C22H13ClF4N2O2. The molecule has 0 aliphatic heterocycles. The zero-order valence-electron chi connectivity index (χ0n) is 15.7. The minimum absolute atomic E-state index is 0.0949. The molecule has 31 heavy (non-hydrogen) atoms. The number of hydrogen-bond donors (Lipinski definition) is 0. The van der Waals surface area contributed by atoms with E-state index in [0.717, 1.165) is 6.07 Å². The largest absolute Gasteiger partial charge is 0.487 e. The van der Waals surface area contributed by atoms with Gasteiger partial charge in [0.25, 0.3) is 0 Å². The van der Waals surface area contributed by atoms with Crippen molar-refractivity contribution in [1.29, 1.82) is 0 Å². The molecule has 0 aliphatic rings. The van der Waals surface area contributed by atoms with Gasteiger partial charge in [-0.1, -0.05) is 28.9 Å². The molecule has 2 aromatic carbocycles. The normalized spacial score (nSPS) is 11.5. The van der Waals surface area contributed by atoms with Gasteiger partial charge in [0.15, 0.2) is 5.76 Å². The summed E-state index contributed by atoms with van der Waals surface area (Å²) in [5.74, 6) is -0.254. The molecule has 0 unspecified atom stereocenters. The van der Waals surface area contributed by atoms with E-state index < -0.39 is 17.6 Å². The molecule has 0 N–H and O–H groups in total. The average molecular weight is 449 g/mol. The molecule has 4 rings (SSSR count). The van der Waals surface area contributed by atoms with Gasteiger partial charge in [-0.2, -0.15) is 13.2 Å². The summed E-state index contributed by atoms with van der Waals surface area (Å²) < 4.78 is 65.2. The Morgan fingerprint density at radius 3 is 2.58 bits per heavy atom. The summed E-state index contributed by atoms with van der Waals surface area (Å²) in [6.07, 6.45) is -1.61. The van der Waals surface area contributed by atoms with Crippen LogP contribution in [-0.4, -0.2) is 10.1 Å². The maximum absolute atomic E-state index is 14.5. The molecule has 0 amide bonds. The molecule has 2 aromatic heterocycles. The van der Waals surface area contributed by atoms with Crippen LogP contribution in [0.5, 0.6) is 5.75 Å². The number of rotatable bonds is 5. The second-order valence-electron chi connectivity index (χ2n) is 6.52. The van der Waals surface area contributed by atoms with Gasteiger partial charge < -0.3 is 9.26 Å². The van der Waals surface area contributed by atoms with Crippen LogP contribution in [0.15, 0.2) is 71.5 Å². The van der Waals surface area contributed by atoms with E-state index in [4.69, 9.17) is 20.9 Å². The summed E-state index contributed by atoms with van der Waals surface area (Å²) in [5.41, 5.74) is -0.665. The monoisotopic (exact) mass is 448 g/mol. The van der Waals surface area contributed by atoms with Crippen LogP contribution in [0.25, 0.3) is 22.6 Å². The zero-order chi connectivity index (χ0) is 22.0. The predicted octanol–water partition coefficient (Wildman–Crippen LogP) is 6.79. The van der Waals surface area contributed by atoms with E-state index in [0.29, 0.717) is 28.5 Å². The van der Waals surface area contributed by atoms with E-state index in [1.807, 2.05) is 0 Å². The van der Waals surface area contributed by atoms with Gasteiger partial charge in [-0.15, -0.1) is 0 Å². The van der Waals surface area contributed by atoms with Gasteiger partial charge in [0.2, 0.25) is 0 Å². The molecule has 0 bridgehead atoms.